The lowest BCUT2D eigenvalue weighted by atomic mass is 10.1. The van der Waals surface area contributed by atoms with Gasteiger partial charge in [-0.15, -0.1) is 0 Å². The lowest BCUT2D eigenvalue weighted by Gasteiger charge is -2.18. The number of nitrogens with one attached hydrogen (secondary N) is 3. The van der Waals surface area contributed by atoms with E-state index in [9.17, 15) is 24.0 Å². The van der Waals surface area contributed by atoms with Gasteiger partial charge in [0.15, 0.2) is 0 Å². The first-order chi connectivity index (χ1) is 15.2. The van der Waals surface area contributed by atoms with Crippen LogP contribution in [-0.2, 0) is 24.0 Å². The van der Waals surface area contributed by atoms with Crippen LogP contribution in [0.25, 0.3) is 0 Å². The number of nitrogens with zero attached hydrogens (tertiary/aromatic N) is 1. The molecule has 0 unspecified atom stereocenters. The third-order valence-electron chi connectivity index (χ3n) is 4.93. The van der Waals surface area contributed by atoms with E-state index in [4.69, 9.17) is 0 Å². The maximum Gasteiger partial charge on any atom is 0.253 e. The minimum atomic E-state index is -0.797. The molecule has 0 fully saturated rings. The van der Waals surface area contributed by atoms with Gasteiger partial charge in [-0.1, -0.05) is 18.6 Å². The van der Waals surface area contributed by atoms with Gasteiger partial charge in [0, 0.05) is 30.8 Å². The monoisotopic (exact) mass is 441 g/mol. The first-order valence-electron chi connectivity index (χ1n) is 10.5. The lowest BCUT2D eigenvalue weighted by molar-refractivity contribution is -0.137. The molecule has 2 rings (SSSR count). The molecule has 0 saturated carbocycles. The molecule has 1 radical (unpaired) electrons. The van der Waals surface area contributed by atoms with E-state index in [2.05, 4.69) is 22.9 Å². The molecule has 32 heavy (non-hydrogen) atoms. The van der Waals surface area contributed by atoms with Crippen LogP contribution in [0.15, 0.2) is 36.4 Å². The van der Waals surface area contributed by atoms with Crippen LogP contribution in [0.5, 0.6) is 0 Å². The third kappa shape index (κ3) is 7.64. The Kier molecular flexibility index (Phi) is 9.12. The molecule has 1 aromatic rings. The molecule has 171 valence electrons. The van der Waals surface area contributed by atoms with E-state index in [0.29, 0.717) is 31.5 Å². The molecule has 5 amide bonds. The molecule has 1 aliphatic rings. The van der Waals surface area contributed by atoms with Crippen molar-refractivity contribution in [2.24, 2.45) is 0 Å². The summed E-state index contributed by atoms with van der Waals surface area (Å²) in [6.07, 6.45) is 4.54. The van der Waals surface area contributed by atoms with Gasteiger partial charge in [0.25, 0.3) is 11.8 Å². The van der Waals surface area contributed by atoms with Gasteiger partial charge in [-0.25, -0.2) is 0 Å². The van der Waals surface area contributed by atoms with Crippen LogP contribution in [0.4, 0.5) is 5.69 Å². The van der Waals surface area contributed by atoms with E-state index < -0.39 is 18.0 Å². The highest BCUT2D eigenvalue weighted by Crippen LogP contribution is 2.09. The number of unbranched alkanes of at least 4 members (excludes halogenated alkanes) is 2. The van der Waals surface area contributed by atoms with Crippen LogP contribution in [0.2, 0.25) is 0 Å². The lowest BCUT2D eigenvalue weighted by Crippen LogP contribution is -2.50. The minimum absolute atomic E-state index is 0.218. The second-order valence-electron chi connectivity index (χ2n) is 7.68. The molecule has 0 bridgehead atoms. The van der Waals surface area contributed by atoms with Crippen molar-refractivity contribution in [3.63, 3.8) is 0 Å². The summed E-state index contributed by atoms with van der Waals surface area (Å²) in [5.41, 5.74) is 1.42. The summed E-state index contributed by atoms with van der Waals surface area (Å²) in [4.78, 5) is 60.7. The van der Waals surface area contributed by atoms with Gasteiger partial charge in [0.2, 0.25) is 17.7 Å². The van der Waals surface area contributed by atoms with Crippen molar-refractivity contribution in [2.75, 3.05) is 11.9 Å². The number of carbonyl (C=O) groups excluding carboxylic acids is 5. The number of anilines is 1. The maximum absolute atomic E-state index is 12.3. The summed E-state index contributed by atoms with van der Waals surface area (Å²) in [6.45, 7) is 7.20. The summed E-state index contributed by atoms with van der Waals surface area (Å²) < 4.78 is 0. The number of hydrogen-bond acceptors (Lipinski definition) is 5. The van der Waals surface area contributed by atoms with Gasteiger partial charge in [0.05, 0.1) is 0 Å². The third-order valence-corrected chi connectivity index (χ3v) is 4.93. The summed E-state index contributed by atoms with van der Waals surface area (Å²) in [5, 5.41) is 7.89. The number of imide groups is 1. The quantitative estimate of drug-likeness (QED) is 0.353. The fourth-order valence-electron chi connectivity index (χ4n) is 3.01. The molecule has 0 aliphatic carbocycles. The fraction of sp³-hybridized carbons (Fsp3) is 0.391. The Morgan fingerprint density at radius 1 is 0.875 bits per heavy atom. The molecule has 3 N–H and O–H groups in total. The maximum atomic E-state index is 12.3. The van der Waals surface area contributed by atoms with Gasteiger partial charge in [-0.05, 0) is 51.3 Å². The van der Waals surface area contributed by atoms with Crippen LogP contribution >= 0.6 is 0 Å². The first kappa shape index (κ1) is 24.8. The van der Waals surface area contributed by atoms with Crippen molar-refractivity contribution in [2.45, 2.75) is 51.6 Å². The Bertz CT molecular complexity index is 876. The number of amides is 5. The molecular weight excluding hydrogens is 412 g/mol. The number of carbonyl (C=O) groups is 5. The predicted octanol–water partition coefficient (Wildman–Crippen LogP) is 1.30. The number of rotatable bonds is 11. The zero-order valence-electron chi connectivity index (χ0n) is 18.3. The summed E-state index contributed by atoms with van der Waals surface area (Å²) in [6, 6.07) is 5.38. The smallest absolute Gasteiger partial charge is 0.253 e. The summed E-state index contributed by atoms with van der Waals surface area (Å²) in [5.74, 6) is -1.75. The Morgan fingerprint density at radius 3 is 2.09 bits per heavy atom. The second-order valence-corrected chi connectivity index (χ2v) is 7.68. The molecule has 0 aromatic heterocycles. The van der Waals surface area contributed by atoms with Gasteiger partial charge < -0.3 is 16.0 Å². The van der Waals surface area contributed by atoms with Crippen LogP contribution < -0.4 is 16.0 Å². The zero-order valence-corrected chi connectivity index (χ0v) is 18.3. The highest BCUT2D eigenvalue weighted by atomic mass is 16.2. The Hall–Kier alpha value is -3.49. The molecular formula is C23H29N4O5. The Morgan fingerprint density at radius 2 is 1.47 bits per heavy atom. The topological polar surface area (TPSA) is 125 Å². The molecule has 1 heterocycles. The average Bonchev–Trinajstić information content (AvgIpc) is 3.06. The van der Waals surface area contributed by atoms with Crippen molar-refractivity contribution >= 4 is 35.2 Å². The van der Waals surface area contributed by atoms with Crippen molar-refractivity contribution in [1.29, 1.82) is 0 Å². The predicted molar refractivity (Wildman–Crippen MR) is 119 cm³/mol. The van der Waals surface area contributed by atoms with Crippen molar-refractivity contribution in [3.05, 3.63) is 48.9 Å². The molecule has 1 aromatic carbocycles. The Labute approximate surface area is 187 Å². The van der Waals surface area contributed by atoms with Gasteiger partial charge >= 0.3 is 0 Å². The van der Waals surface area contributed by atoms with E-state index in [1.54, 1.807) is 38.1 Å². The highest BCUT2D eigenvalue weighted by Gasteiger charge is 2.23. The van der Waals surface area contributed by atoms with Crippen molar-refractivity contribution < 1.29 is 24.0 Å². The van der Waals surface area contributed by atoms with E-state index in [0.717, 1.165) is 5.56 Å². The average molecular weight is 442 g/mol. The minimum Gasteiger partial charge on any atom is -0.345 e. The van der Waals surface area contributed by atoms with Crippen LogP contribution in [0.1, 0.15) is 45.1 Å². The SMILES string of the molecule is [CH2]c1ccc(NC(=O)[C@H](C)NC(=O)[C@H](C)NC(=O)CCCCCN2C(=O)C=CC2=O)cc1. The van der Waals surface area contributed by atoms with Gasteiger partial charge in [-0.3, -0.25) is 28.9 Å². The van der Waals surface area contributed by atoms with E-state index >= 15 is 0 Å². The van der Waals surface area contributed by atoms with Crippen molar-refractivity contribution in [1.82, 2.24) is 15.5 Å². The number of hydrogen-bond donors (Lipinski definition) is 3. The summed E-state index contributed by atoms with van der Waals surface area (Å²) >= 11 is 0. The van der Waals surface area contributed by atoms with Gasteiger partial charge in [0.1, 0.15) is 12.1 Å². The molecule has 9 nitrogen and oxygen atoms in total. The van der Waals surface area contributed by atoms with Crippen LogP contribution in [-0.4, -0.2) is 53.1 Å². The highest BCUT2D eigenvalue weighted by molar-refractivity contribution is 6.12. The van der Waals surface area contributed by atoms with E-state index in [1.165, 1.54) is 17.1 Å². The molecule has 9 heteroatoms. The number of benzene rings is 1. The summed E-state index contributed by atoms with van der Waals surface area (Å²) in [7, 11) is 0. The zero-order chi connectivity index (χ0) is 23.7. The van der Waals surface area contributed by atoms with Crippen LogP contribution in [0, 0.1) is 6.92 Å². The largest absolute Gasteiger partial charge is 0.345 e. The van der Waals surface area contributed by atoms with Crippen molar-refractivity contribution in [3.8, 4) is 0 Å². The molecule has 1 aliphatic heterocycles. The fourth-order valence-corrected chi connectivity index (χ4v) is 3.01. The Balaban J connectivity index is 1.63. The molecule has 0 saturated heterocycles. The molecule has 0 spiro atoms. The first-order valence-corrected chi connectivity index (χ1v) is 10.5. The standard InChI is InChI=1S/C23H29N4O5/c1-15-8-10-18(11-9-15)26-23(32)17(3)25-22(31)16(2)24-19(28)7-5-4-6-14-27-20(29)12-13-21(27)30/h8-13,16-17H,1,4-7,14H2,2-3H3,(H,24,28)(H,25,31)(H,26,32)/t16-,17-/m0/s1. The molecule has 2 atom stereocenters. The van der Waals surface area contributed by atoms with Crippen LogP contribution in [0.3, 0.4) is 0 Å². The second kappa shape index (κ2) is 11.8. The van der Waals surface area contributed by atoms with Gasteiger partial charge in [-0.2, -0.15) is 0 Å². The van der Waals surface area contributed by atoms with E-state index in [1.807, 2.05) is 0 Å². The normalized spacial score (nSPS) is 14.8. The van der Waals surface area contributed by atoms with E-state index in [-0.39, 0.29) is 30.0 Å².